The number of rotatable bonds is 2. The summed E-state index contributed by atoms with van der Waals surface area (Å²) in [6, 6.07) is 3.71. The number of nitrogens with zero attached hydrogens (tertiary/aromatic N) is 1. The minimum Gasteiger partial charge on any atom is -0.349 e. The Kier molecular flexibility index (Phi) is 3.44. The summed E-state index contributed by atoms with van der Waals surface area (Å²) in [7, 11) is 0. The predicted molar refractivity (Wildman–Crippen MR) is 63.5 cm³/mol. The minimum atomic E-state index is -0.114. The van der Waals surface area contributed by atoms with E-state index in [4.69, 9.17) is 11.6 Å². The second-order valence-corrected chi connectivity index (χ2v) is 4.79. The molecule has 1 aliphatic rings. The zero-order valence-electron chi connectivity index (χ0n) is 9.24. The number of pyridine rings is 1. The molecule has 1 N–H and O–H groups in total. The smallest absolute Gasteiger partial charge is 0.254 e. The Morgan fingerprint density at radius 2 is 2.38 bits per heavy atom. The van der Waals surface area contributed by atoms with Gasteiger partial charge in [-0.2, -0.15) is 0 Å². The van der Waals surface area contributed by atoms with Gasteiger partial charge in [-0.05, 0) is 37.3 Å². The van der Waals surface area contributed by atoms with E-state index >= 15 is 0 Å². The normalized spacial score (nSPS) is 24.4. The van der Waals surface area contributed by atoms with Gasteiger partial charge in [0.1, 0.15) is 5.15 Å². The number of hydrogen-bond donors (Lipinski definition) is 1. The zero-order chi connectivity index (χ0) is 11.5. The molecular formula is C12H15ClN2O. The molecule has 0 bridgehead atoms. The maximum atomic E-state index is 11.9. The van der Waals surface area contributed by atoms with Crippen LogP contribution in [0.5, 0.6) is 0 Å². The van der Waals surface area contributed by atoms with Crippen molar-refractivity contribution in [2.75, 3.05) is 0 Å². The molecule has 1 saturated carbocycles. The van der Waals surface area contributed by atoms with Crippen molar-refractivity contribution in [2.24, 2.45) is 5.92 Å². The van der Waals surface area contributed by atoms with Gasteiger partial charge in [-0.3, -0.25) is 4.79 Å². The van der Waals surface area contributed by atoms with Crippen LogP contribution < -0.4 is 5.32 Å². The second kappa shape index (κ2) is 4.83. The van der Waals surface area contributed by atoms with Crippen LogP contribution >= 0.6 is 11.6 Å². The lowest BCUT2D eigenvalue weighted by Gasteiger charge is -2.12. The van der Waals surface area contributed by atoms with E-state index < -0.39 is 0 Å². The molecule has 0 radical (unpaired) electrons. The van der Waals surface area contributed by atoms with Gasteiger partial charge in [-0.25, -0.2) is 4.98 Å². The Bertz CT molecular complexity index is 394. The van der Waals surface area contributed by atoms with Gasteiger partial charge < -0.3 is 5.32 Å². The van der Waals surface area contributed by atoms with Crippen molar-refractivity contribution in [1.29, 1.82) is 0 Å². The first-order valence-corrected chi connectivity index (χ1v) is 5.96. The molecule has 0 aliphatic heterocycles. The van der Waals surface area contributed by atoms with Crippen LogP contribution in [-0.2, 0) is 0 Å². The molecule has 1 heterocycles. The third-order valence-electron chi connectivity index (χ3n) is 3.03. The molecule has 2 atom stereocenters. The zero-order valence-corrected chi connectivity index (χ0v) is 10.00. The van der Waals surface area contributed by atoms with E-state index in [1.165, 1.54) is 6.42 Å². The van der Waals surface area contributed by atoms with E-state index in [0.29, 0.717) is 17.5 Å². The van der Waals surface area contributed by atoms with Gasteiger partial charge in [0.25, 0.3) is 5.91 Å². The fraction of sp³-hybridized carbons (Fsp3) is 0.500. The molecule has 1 aliphatic carbocycles. The third kappa shape index (κ3) is 2.53. The number of nitrogens with one attached hydrogen (secondary N) is 1. The van der Waals surface area contributed by atoms with Gasteiger partial charge in [-0.1, -0.05) is 18.5 Å². The van der Waals surface area contributed by atoms with Crippen molar-refractivity contribution in [3.05, 3.63) is 29.0 Å². The Balaban J connectivity index is 2.01. The predicted octanol–water partition coefficient (Wildman–Crippen LogP) is 2.65. The average Bonchev–Trinajstić information content (AvgIpc) is 2.64. The molecule has 16 heavy (non-hydrogen) atoms. The molecule has 4 heteroatoms. The number of hydrogen-bond acceptors (Lipinski definition) is 2. The molecule has 86 valence electrons. The monoisotopic (exact) mass is 238 g/mol. The van der Waals surface area contributed by atoms with Crippen molar-refractivity contribution < 1.29 is 4.79 Å². The molecule has 3 nitrogen and oxygen atoms in total. The highest BCUT2D eigenvalue weighted by atomic mass is 35.5. The molecular weight excluding hydrogens is 224 g/mol. The van der Waals surface area contributed by atoms with E-state index in [0.717, 1.165) is 12.8 Å². The van der Waals surface area contributed by atoms with Crippen LogP contribution in [0.1, 0.15) is 36.5 Å². The number of carbonyl (C=O) groups is 1. The van der Waals surface area contributed by atoms with Crippen LogP contribution in [0.2, 0.25) is 5.15 Å². The number of aromatic nitrogens is 1. The van der Waals surface area contributed by atoms with Crippen LogP contribution in [0.4, 0.5) is 0 Å². The number of halogens is 1. The van der Waals surface area contributed by atoms with Gasteiger partial charge >= 0.3 is 0 Å². The number of carbonyl (C=O) groups excluding carboxylic acids is 1. The Morgan fingerprint density at radius 1 is 1.56 bits per heavy atom. The topological polar surface area (TPSA) is 42.0 Å². The van der Waals surface area contributed by atoms with Crippen molar-refractivity contribution in [3.63, 3.8) is 0 Å². The van der Waals surface area contributed by atoms with Crippen molar-refractivity contribution >= 4 is 17.5 Å². The molecule has 1 amide bonds. The fourth-order valence-electron chi connectivity index (χ4n) is 2.16. The summed E-state index contributed by atoms with van der Waals surface area (Å²) >= 11 is 5.86. The molecule has 0 saturated heterocycles. The second-order valence-electron chi connectivity index (χ2n) is 4.43. The van der Waals surface area contributed by atoms with Gasteiger partial charge in [0.2, 0.25) is 0 Å². The van der Waals surface area contributed by atoms with Gasteiger partial charge in [0, 0.05) is 12.2 Å². The lowest BCUT2D eigenvalue weighted by Crippen LogP contribution is -2.33. The SMILES string of the molecule is CC1CCC(NC(=O)c2cccnc2Cl)C1. The van der Waals surface area contributed by atoms with Crippen molar-refractivity contribution in [3.8, 4) is 0 Å². The standard InChI is InChI=1S/C12H15ClN2O/c1-8-4-5-9(7-8)15-12(16)10-3-2-6-14-11(10)13/h2-3,6,8-9H,4-5,7H2,1H3,(H,15,16). The largest absolute Gasteiger partial charge is 0.349 e. The first-order valence-electron chi connectivity index (χ1n) is 5.58. The Morgan fingerprint density at radius 3 is 3.00 bits per heavy atom. The van der Waals surface area contributed by atoms with Crippen LogP contribution in [0.15, 0.2) is 18.3 Å². The molecule has 2 unspecified atom stereocenters. The van der Waals surface area contributed by atoms with Crippen LogP contribution in [0.3, 0.4) is 0 Å². The van der Waals surface area contributed by atoms with E-state index in [9.17, 15) is 4.79 Å². The minimum absolute atomic E-state index is 0.114. The maximum absolute atomic E-state index is 11.9. The van der Waals surface area contributed by atoms with E-state index in [2.05, 4.69) is 17.2 Å². The molecule has 2 rings (SSSR count). The molecule has 0 spiro atoms. The molecule has 1 aromatic heterocycles. The highest BCUT2D eigenvalue weighted by molar-refractivity contribution is 6.32. The lowest BCUT2D eigenvalue weighted by atomic mass is 10.1. The fourth-order valence-corrected chi connectivity index (χ4v) is 2.36. The summed E-state index contributed by atoms with van der Waals surface area (Å²) in [6.07, 6.45) is 4.89. The van der Waals surface area contributed by atoms with Crippen molar-refractivity contribution in [2.45, 2.75) is 32.2 Å². The lowest BCUT2D eigenvalue weighted by molar-refractivity contribution is 0.0937. The Labute approximate surface area is 100 Å². The van der Waals surface area contributed by atoms with Gasteiger partial charge in [-0.15, -0.1) is 0 Å². The van der Waals surface area contributed by atoms with Crippen LogP contribution in [0, 0.1) is 5.92 Å². The highest BCUT2D eigenvalue weighted by Gasteiger charge is 2.23. The highest BCUT2D eigenvalue weighted by Crippen LogP contribution is 2.25. The van der Waals surface area contributed by atoms with Gasteiger partial charge in [0.15, 0.2) is 0 Å². The van der Waals surface area contributed by atoms with Gasteiger partial charge in [0.05, 0.1) is 5.56 Å². The Hall–Kier alpha value is -1.09. The van der Waals surface area contributed by atoms with Crippen molar-refractivity contribution in [1.82, 2.24) is 10.3 Å². The van der Waals surface area contributed by atoms with E-state index in [-0.39, 0.29) is 11.1 Å². The summed E-state index contributed by atoms with van der Waals surface area (Å²) in [5.74, 6) is 0.590. The maximum Gasteiger partial charge on any atom is 0.254 e. The summed E-state index contributed by atoms with van der Waals surface area (Å²) in [5, 5.41) is 3.27. The average molecular weight is 239 g/mol. The first-order chi connectivity index (χ1) is 7.66. The first kappa shape index (κ1) is 11.4. The number of amides is 1. The van der Waals surface area contributed by atoms with Crippen LogP contribution in [0.25, 0.3) is 0 Å². The summed E-state index contributed by atoms with van der Waals surface area (Å²) in [6.45, 7) is 2.21. The summed E-state index contributed by atoms with van der Waals surface area (Å²) in [4.78, 5) is 15.8. The van der Waals surface area contributed by atoms with Crippen LogP contribution in [-0.4, -0.2) is 16.9 Å². The molecule has 0 aromatic carbocycles. The van der Waals surface area contributed by atoms with E-state index in [1.807, 2.05) is 0 Å². The molecule has 1 fully saturated rings. The quantitative estimate of drug-likeness (QED) is 0.805. The van der Waals surface area contributed by atoms with E-state index in [1.54, 1.807) is 18.3 Å². The summed E-state index contributed by atoms with van der Waals surface area (Å²) in [5.41, 5.74) is 0.462. The summed E-state index contributed by atoms with van der Waals surface area (Å²) < 4.78 is 0. The molecule has 1 aromatic rings. The third-order valence-corrected chi connectivity index (χ3v) is 3.33.